The van der Waals surface area contributed by atoms with E-state index in [1.165, 1.54) is 0 Å². The van der Waals surface area contributed by atoms with Gasteiger partial charge >= 0.3 is 0 Å². The van der Waals surface area contributed by atoms with Crippen LogP contribution in [0.2, 0.25) is 0 Å². The predicted octanol–water partition coefficient (Wildman–Crippen LogP) is 3.39. The molecule has 0 radical (unpaired) electrons. The second-order valence-corrected chi connectivity index (χ2v) is 6.06. The molecule has 2 aromatic carbocycles. The molecule has 0 saturated heterocycles. The van der Waals surface area contributed by atoms with Crippen molar-refractivity contribution in [1.29, 1.82) is 5.26 Å². The van der Waals surface area contributed by atoms with Gasteiger partial charge in [0.2, 0.25) is 11.7 Å². The summed E-state index contributed by atoms with van der Waals surface area (Å²) in [4.78, 5) is 12.3. The molecule has 0 saturated carbocycles. The Morgan fingerprint density at radius 3 is 2.15 bits per heavy atom. The number of rotatable bonds is 8. The number of hydrogen-bond donors (Lipinski definition) is 1. The summed E-state index contributed by atoms with van der Waals surface area (Å²) in [6.45, 7) is 1.92. The number of benzene rings is 2. The van der Waals surface area contributed by atoms with Gasteiger partial charge in [-0.15, -0.1) is 0 Å². The number of nitrogens with zero attached hydrogens (tertiary/aromatic N) is 1. The van der Waals surface area contributed by atoms with Gasteiger partial charge in [-0.3, -0.25) is 4.79 Å². The van der Waals surface area contributed by atoms with Gasteiger partial charge in [-0.2, -0.15) is 5.26 Å². The van der Waals surface area contributed by atoms with Crippen molar-refractivity contribution in [2.75, 3.05) is 21.3 Å². The third kappa shape index (κ3) is 5.14. The summed E-state index contributed by atoms with van der Waals surface area (Å²) in [6.07, 6.45) is 0.877. The van der Waals surface area contributed by atoms with E-state index in [1.54, 1.807) is 33.5 Å². The van der Waals surface area contributed by atoms with Crippen LogP contribution in [0.1, 0.15) is 36.1 Å². The van der Waals surface area contributed by atoms with Crippen LogP contribution in [0.15, 0.2) is 36.4 Å². The minimum absolute atomic E-state index is 0.0550. The van der Waals surface area contributed by atoms with Crippen LogP contribution >= 0.6 is 0 Å². The van der Waals surface area contributed by atoms with Crippen LogP contribution < -0.4 is 19.5 Å². The molecule has 0 aliphatic heterocycles. The Hall–Kier alpha value is -3.20. The first kappa shape index (κ1) is 20.1. The zero-order chi connectivity index (χ0) is 19.8. The average molecular weight is 368 g/mol. The van der Waals surface area contributed by atoms with Gasteiger partial charge in [0.25, 0.3) is 0 Å². The highest BCUT2D eigenvalue weighted by molar-refractivity contribution is 5.76. The molecule has 0 heterocycles. The largest absolute Gasteiger partial charge is 0.493 e. The van der Waals surface area contributed by atoms with Gasteiger partial charge in [-0.1, -0.05) is 12.1 Å². The van der Waals surface area contributed by atoms with Crippen molar-refractivity contribution < 1.29 is 19.0 Å². The smallest absolute Gasteiger partial charge is 0.220 e. The lowest BCUT2D eigenvalue weighted by molar-refractivity contribution is -0.121. The molecule has 1 amide bonds. The molecular formula is C21H24N2O4. The van der Waals surface area contributed by atoms with E-state index in [1.807, 2.05) is 31.2 Å². The van der Waals surface area contributed by atoms with E-state index in [0.29, 0.717) is 35.7 Å². The van der Waals surface area contributed by atoms with Crippen molar-refractivity contribution in [2.24, 2.45) is 0 Å². The minimum Gasteiger partial charge on any atom is -0.493 e. The van der Waals surface area contributed by atoms with Crippen molar-refractivity contribution in [3.05, 3.63) is 53.1 Å². The van der Waals surface area contributed by atoms with Crippen LogP contribution in [0.5, 0.6) is 17.2 Å². The summed E-state index contributed by atoms with van der Waals surface area (Å²) >= 11 is 0. The van der Waals surface area contributed by atoms with E-state index < -0.39 is 0 Å². The minimum atomic E-state index is -0.134. The fourth-order valence-electron chi connectivity index (χ4n) is 2.78. The van der Waals surface area contributed by atoms with Gasteiger partial charge < -0.3 is 19.5 Å². The number of ether oxygens (including phenoxy) is 3. The summed E-state index contributed by atoms with van der Waals surface area (Å²) in [5.74, 6) is 1.61. The second-order valence-electron chi connectivity index (χ2n) is 6.06. The molecule has 2 aromatic rings. The van der Waals surface area contributed by atoms with Gasteiger partial charge in [-0.25, -0.2) is 0 Å². The van der Waals surface area contributed by atoms with E-state index in [-0.39, 0.29) is 11.9 Å². The van der Waals surface area contributed by atoms with Gasteiger partial charge in [0, 0.05) is 6.42 Å². The highest BCUT2D eigenvalue weighted by atomic mass is 16.5. The van der Waals surface area contributed by atoms with Crippen molar-refractivity contribution >= 4 is 5.91 Å². The number of amides is 1. The number of nitriles is 1. The van der Waals surface area contributed by atoms with Crippen LogP contribution in [0.4, 0.5) is 0 Å². The van der Waals surface area contributed by atoms with Crippen LogP contribution in [0, 0.1) is 11.3 Å². The SMILES string of the molecule is COc1cc(CCC(=O)NC(C)c2ccc(C#N)cc2)cc(OC)c1OC. The molecule has 1 N–H and O–H groups in total. The molecule has 1 atom stereocenters. The summed E-state index contributed by atoms with van der Waals surface area (Å²) < 4.78 is 16.0. The van der Waals surface area contributed by atoms with Gasteiger partial charge in [-0.05, 0) is 48.7 Å². The first-order valence-electron chi connectivity index (χ1n) is 8.60. The molecule has 0 bridgehead atoms. The van der Waals surface area contributed by atoms with Crippen molar-refractivity contribution in [2.45, 2.75) is 25.8 Å². The van der Waals surface area contributed by atoms with Crippen LogP contribution in [0.3, 0.4) is 0 Å². The van der Waals surface area contributed by atoms with Crippen LogP contribution in [-0.2, 0) is 11.2 Å². The van der Waals surface area contributed by atoms with Gasteiger partial charge in [0.15, 0.2) is 11.5 Å². The molecule has 6 nitrogen and oxygen atoms in total. The molecular weight excluding hydrogens is 344 g/mol. The Bertz CT molecular complexity index is 800. The fourth-order valence-corrected chi connectivity index (χ4v) is 2.78. The monoisotopic (exact) mass is 368 g/mol. The number of methoxy groups -OCH3 is 3. The van der Waals surface area contributed by atoms with E-state index in [0.717, 1.165) is 11.1 Å². The maximum atomic E-state index is 12.3. The highest BCUT2D eigenvalue weighted by Gasteiger charge is 2.15. The molecule has 142 valence electrons. The molecule has 0 aromatic heterocycles. The Balaban J connectivity index is 1.99. The van der Waals surface area contributed by atoms with E-state index in [2.05, 4.69) is 11.4 Å². The lowest BCUT2D eigenvalue weighted by Gasteiger charge is -2.16. The van der Waals surface area contributed by atoms with Crippen molar-refractivity contribution in [1.82, 2.24) is 5.32 Å². The van der Waals surface area contributed by atoms with Crippen LogP contribution in [0.25, 0.3) is 0 Å². The van der Waals surface area contributed by atoms with E-state index >= 15 is 0 Å². The molecule has 6 heteroatoms. The summed E-state index contributed by atoms with van der Waals surface area (Å²) in [7, 11) is 4.68. The van der Waals surface area contributed by atoms with E-state index in [9.17, 15) is 4.79 Å². The molecule has 0 aliphatic rings. The maximum absolute atomic E-state index is 12.3. The first-order valence-corrected chi connectivity index (χ1v) is 8.60. The number of carbonyl (C=O) groups is 1. The van der Waals surface area contributed by atoms with E-state index in [4.69, 9.17) is 19.5 Å². The van der Waals surface area contributed by atoms with Crippen molar-refractivity contribution in [3.63, 3.8) is 0 Å². The third-order valence-corrected chi connectivity index (χ3v) is 4.28. The third-order valence-electron chi connectivity index (χ3n) is 4.28. The Morgan fingerprint density at radius 2 is 1.67 bits per heavy atom. The number of carbonyl (C=O) groups excluding carboxylic acids is 1. The maximum Gasteiger partial charge on any atom is 0.220 e. The Morgan fingerprint density at radius 1 is 1.07 bits per heavy atom. The highest BCUT2D eigenvalue weighted by Crippen LogP contribution is 2.38. The zero-order valence-corrected chi connectivity index (χ0v) is 16.0. The number of hydrogen-bond acceptors (Lipinski definition) is 5. The molecule has 1 unspecified atom stereocenters. The first-order chi connectivity index (χ1) is 13.0. The quantitative estimate of drug-likeness (QED) is 0.772. The average Bonchev–Trinajstić information content (AvgIpc) is 2.71. The van der Waals surface area contributed by atoms with Gasteiger partial charge in [0.1, 0.15) is 0 Å². The molecule has 0 fully saturated rings. The zero-order valence-electron chi connectivity index (χ0n) is 16.0. The Kier molecular flexibility index (Phi) is 7.07. The molecule has 0 aliphatic carbocycles. The van der Waals surface area contributed by atoms with Crippen molar-refractivity contribution in [3.8, 4) is 23.3 Å². The van der Waals surface area contributed by atoms with Gasteiger partial charge in [0.05, 0.1) is 39.0 Å². The molecule has 27 heavy (non-hydrogen) atoms. The summed E-state index contributed by atoms with van der Waals surface area (Å²) in [5, 5.41) is 11.8. The normalized spacial score (nSPS) is 11.2. The fraction of sp³-hybridized carbons (Fsp3) is 0.333. The molecule has 2 rings (SSSR count). The lowest BCUT2D eigenvalue weighted by Crippen LogP contribution is -2.26. The number of aryl methyl sites for hydroxylation is 1. The standard InChI is InChI=1S/C21H24N2O4/c1-14(17-8-5-15(13-22)6-9-17)23-20(24)10-7-16-11-18(25-2)21(27-4)19(12-16)26-3/h5-6,8-9,11-12,14H,7,10H2,1-4H3,(H,23,24). The predicted molar refractivity (Wildman–Crippen MR) is 102 cm³/mol. The molecule has 0 spiro atoms. The summed E-state index contributed by atoms with van der Waals surface area (Å²) in [6, 6.07) is 12.8. The second kappa shape index (κ2) is 9.48. The van der Waals surface area contributed by atoms with Crippen LogP contribution in [-0.4, -0.2) is 27.2 Å². The summed E-state index contributed by atoms with van der Waals surface area (Å²) in [5.41, 5.74) is 2.47. The number of nitrogens with one attached hydrogen (secondary N) is 1. The lowest BCUT2D eigenvalue weighted by atomic mass is 10.1. The topological polar surface area (TPSA) is 80.6 Å². The Labute approximate surface area is 159 Å².